The molecule has 1 aromatic rings. The first kappa shape index (κ1) is 19.1. The van der Waals surface area contributed by atoms with Gasteiger partial charge in [-0.15, -0.1) is 0 Å². The molecular formula is C19H23N3O5. The van der Waals surface area contributed by atoms with Gasteiger partial charge in [-0.25, -0.2) is 9.69 Å². The lowest BCUT2D eigenvalue weighted by molar-refractivity contribution is -0.121. The van der Waals surface area contributed by atoms with Gasteiger partial charge in [-0.3, -0.25) is 14.5 Å². The normalized spacial score (nSPS) is 18.1. The molecule has 144 valence electrons. The Balaban J connectivity index is 1.68. The Hall–Kier alpha value is -2.71. The molecule has 2 heterocycles. The predicted octanol–water partition coefficient (Wildman–Crippen LogP) is 0.230. The van der Waals surface area contributed by atoms with Crippen LogP contribution in [0.5, 0.6) is 0 Å². The molecule has 0 atom stereocenters. The van der Waals surface area contributed by atoms with Crippen molar-refractivity contribution in [1.29, 1.82) is 0 Å². The maximum Gasteiger partial charge on any atom is 0.338 e. The van der Waals surface area contributed by atoms with Crippen molar-refractivity contribution < 1.29 is 24.2 Å². The molecular weight excluding hydrogens is 350 g/mol. The first-order valence-corrected chi connectivity index (χ1v) is 9.00. The van der Waals surface area contributed by atoms with Gasteiger partial charge in [-0.1, -0.05) is 0 Å². The molecule has 2 aliphatic heterocycles. The third-order valence-corrected chi connectivity index (χ3v) is 4.67. The van der Waals surface area contributed by atoms with Crippen molar-refractivity contribution in [2.45, 2.75) is 6.92 Å². The second-order valence-corrected chi connectivity index (χ2v) is 6.33. The first-order valence-electron chi connectivity index (χ1n) is 9.00. The third-order valence-electron chi connectivity index (χ3n) is 4.67. The lowest BCUT2D eigenvalue weighted by Gasteiger charge is -2.35. The highest BCUT2D eigenvalue weighted by atomic mass is 16.5. The van der Waals surface area contributed by atoms with Gasteiger partial charge >= 0.3 is 5.97 Å². The number of aliphatic hydroxyl groups excluding tert-OH is 1. The van der Waals surface area contributed by atoms with Crippen LogP contribution < -0.4 is 4.90 Å². The molecule has 0 aliphatic carbocycles. The SMILES string of the molecule is CCOC(=O)c1ccc(N2C(=O)C=C(N3CCN(CCO)CC3)C2=O)cc1. The lowest BCUT2D eigenvalue weighted by atomic mass is 10.2. The second-order valence-electron chi connectivity index (χ2n) is 6.33. The molecule has 0 radical (unpaired) electrons. The van der Waals surface area contributed by atoms with Gasteiger partial charge < -0.3 is 14.7 Å². The average Bonchev–Trinajstić information content (AvgIpc) is 2.97. The number of nitrogens with zero attached hydrogens (tertiary/aromatic N) is 3. The van der Waals surface area contributed by atoms with Crippen LogP contribution in [-0.4, -0.2) is 78.6 Å². The van der Waals surface area contributed by atoms with Gasteiger partial charge in [0.25, 0.3) is 11.8 Å². The van der Waals surface area contributed by atoms with E-state index in [1.807, 2.05) is 4.90 Å². The van der Waals surface area contributed by atoms with E-state index in [1.165, 1.54) is 6.08 Å². The molecule has 2 aliphatic rings. The number of ether oxygens (including phenoxy) is 1. The number of carbonyl (C=O) groups is 3. The van der Waals surface area contributed by atoms with Crippen molar-refractivity contribution in [2.24, 2.45) is 0 Å². The van der Waals surface area contributed by atoms with E-state index in [9.17, 15) is 14.4 Å². The number of rotatable bonds is 6. The molecule has 1 aromatic carbocycles. The highest BCUT2D eigenvalue weighted by Crippen LogP contribution is 2.25. The number of imide groups is 1. The number of esters is 1. The van der Waals surface area contributed by atoms with Crippen LogP contribution in [0.3, 0.4) is 0 Å². The smallest absolute Gasteiger partial charge is 0.338 e. The van der Waals surface area contributed by atoms with E-state index >= 15 is 0 Å². The van der Waals surface area contributed by atoms with E-state index in [0.29, 0.717) is 36.6 Å². The van der Waals surface area contributed by atoms with Crippen LogP contribution in [0.15, 0.2) is 36.0 Å². The number of benzene rings is 1. The monoisotopic (exact) mass is 373 g/mol. The van der Waals surface area contributed by atoms with Crippen molar-refractivity contribution in [2.75, 3.05) is 50.8 Å². The fourth-order valence-corrected chi connectivity index (χ4v) is 3.24. The maximum absolute atomic E-state index is 12.8. The number of amides is 2. The Kier molecular flexibility index (Phi) is 5.88. The number of piperazine rings is 1. The Morgan fingerprint density at radius 1 is 1.11 bits per heavy atom. The summed E-state index contributed by atoms with van der Waals surface area (Å²) < 4.78 is 4.93. The number of hydrogen-bond donors (Lipinski definition) is 1. The quantitative estimate of drug-likeness (QED) is 0.564. The fraction of sp³-hybridized carbons (Fsp3) is 0.421. The summed E-state index contributed by atoms with van der Waals surface area (Å²) in [5.74, 6) is -1.20. The average molecular weight is 373 g/mol. The predicted molar refractivity (Wildman–Crippen MR) is 98.1 cm³/mol. The molecule has 3 rings (SSSR count). The second kappa shape index (κ2) is 8.32. The number of aliphatic hydroxyl groups is 1. The standard InChI is InChI=1S/C19H23N3O5/c1-2-27-19(26)14-3-5-15(6-4-14)22-17(24)13-16(18(22)25)21-9-7-20(8-10-21)11-12-23/h3-6,13,23H,2,7-12H2,1H3. The number of hydrogen-bond acceptors (Lipinski definition) is 7. The van der Waals surface area contributed by atoms with Crippen molar-refractivity contribution in [3.05, 3.63) is 41.6 Å². The summed E-state index contributed by atoms with van der Waals surface area (Å²) >= 11 is 0. The van der Waals surface area contributed by atoms with Crippen molar-refractivity contribution in [1.82, 2.24) is 9.80 Å². The summed E-state index contributed by atoms with van der Waals surface area (Å²) in [5, 5.41) is 9.02. The molecule has 8 nitrogen and oxygen atoms in total. The zero-order valence-corrected chi connectivity index (χ0v) is 15.3. The highest BCUT2D eigenvalue weighted by Gasteiger charge is 2.36. The molecule has 0 unspecified atom stereocenters. The molecule has 8 heteroatoms. The van der Waals surface area contributed by atoms with Gasteiger partial charge in [0, 0.05) is 38.8 Å². The Bertz CT molecular complexity index is 751. The summed E-state index contributed by atoms with van der Waals surface area (Å²) in [6, 6.07) is 6.22. The largest absolute Gasteiger partial charge is 0.462 e. The summed E-state index contributed by atoms with van der Waals surface area (Å²) in [5.41, 5.74) is 1.18. The van der Waals surface area contributed by atoms with E-state index in [1.54, 1.807) is 31.2 Å². The first-order chi connectivity index (χ1) is 13.0. The molecule has 0 aromatic heterocycles. The molecule has 1 fully saturated rings. The molecule has 1 N–H and O–H groups in total. The third kappa shape index (κ3) is 4.01. The van der Waals surface area contributed by atoms with E-state index < -0.39 is 11.9 Å². The minimum absolute atomic E-state index is 0.107. The maximum atomic E-state index is 12.8. The van der Waals surface area contributed by atoms with Crippen molar-refractivity contribution in [3.8, 4) is 0 Å². The molecule has 0 bridgehead atoms. The highest BCUT2D eigenvalue weighted by molar-refractivity contribution is 6.30. The minimum Gasteiger partial charge on any atom is -0.462 e. The molecule has 0 spiro atoms. The van der Waals surface area contributed by atoms with E-state index in [-0.39, 0.29) is 19.1 Å². The van der Waals surface area contributed by atoms with Crippen LogP contribution in [0.25, 0.3) is 0 Å². The van der Waals surface area contributed by atoms with E-state index in [4.69, 9.17) is 9.84 Å². The Labute approximate surface area is 157 Å². The van der Waals surface area contributed by atoms with Gasteiger partial charge in [0.05, 0.1) is 24.5 Å². The molecule has 0 saturated carbocycles. The summed E-state index contributed by atoms with van der Waals surface area (Å²) in [4.78, 5) is 42.1. The molecule has 2 amide bonds. The van der Waals surface area contributed by atoms with Gasteiger partial charge in [-0.05, 0) is 31.2 Å². The Morgan fingerprint density at radius 2 is 1.78 bits per heavy atom. The molecule has 27 heavy (non-hydrogen) atoms. The van der Waals surface area contributed by atoms with Crippen LogP contribution in [0.2, 0.25) is 0 Å². The van der Waals surface area contributed by atoms with Crippen LogP contribution in [0, 0.1) is 0 Å². The van der Waals surface area contributed by atoms with Gasteiger partial charge in [0.15, 0.2) is 0 Å². The van der Waals surface area contributed by atoms with Crippen LogP contribution in [0.4, 0.5) is 5.69 Å². The van der Waals surface area contributed by atoms with Crippen molar-refractivity contribution in [3.63, 3.8) is 0 Å². The van der Waals surface area contributed by atoms with E-state index in [0.717, 1.165) is 18.0 Å². The zero-order valence-electron chi connectivity index (χ0n) is 15.3. The number of carbonyl (C=O) groups excluding carboxylic acids is 3. The van der Waals surface area contributed by atoms with Crippen molar-refractivity contribution >= 4 is 23.5 Å². The van der Waals surface area contributed by atoms with Crippen LogP contribution in [0.1, 0.15) is 17.3 Å². The number of β-amino-alcohol motifs (C(OH)–C–C–N with tert-alkyl or cyclic N) is 1. The lowest BCUT2D eigenvalue weighted by Crippen LogP contribution is -2.48. The number of anilines is 1. The van der Waals surface area contributed by atoms with E-state index in [2.05, 4.69) is 4.90 Å². The fourth-order valence-electron chi connectivity index (χ4n) is 3.24. The zero-order chi connectivity index (χ0) is 19.4. The topological polar surface area (TPSA) is 90.4 Å². The summed E-state index contributed by atoms with van der Waals surface area (Å²) in [6.07, 6.45) is 1.36. The Morgan fingerprint density at radius 3 is 2.37 bits per heavy atom. The van der Waals surface area contributed by atoms with Gasteiger partial charge in [-0.2, -0.15) is 0 Å². The summed E-state index contributed by atoms with van der Waals surface area (Å²) in [7, 11) is 0. The van der Waals surface area contributed by atoms with Gasteiger partial charge in [0.2, 0.25) is 0 Å². The van der Waals surface area contributed by atoms with Crippen LogP contribution in [-0.2, 0) is 14.3 Å². The molecule has 1 saturated heterocycles. The van der Waals surface area contributed by atoms with Crippen LogP contribution >= 0.6 is 0 Å². The minimum atomic E-state index is -0.442. The summed E-state index contributed by atoms with van der Waals surface area (Å²) in [6.45, 7) is 5.43. The van der Waals surface area contributed by atoms with Gasteiger partial charge in [0.1, 0.15) is 5.70 Å².